The average molecular weight is 607 g/mol. The maximum Gasteiger partial charge on any atom is 0.330 e. The largest absolute Gasteiger partial charge is 0.508 e. The Morgan fingerprint density at radius 3 is 2.39 bits per heavy atom. The van der Waals surface area contributed by atoms with Crippen LogP contribution in [0.15, 0.2) is 24.3 Å². The van der Waals surface area contributed by atoms with Gasteiger partial charge in [-0.15, -0.1) is 0 Å². The number of phenolic OH excluding ortho intramolecular Hbond substituents is 1. The van der Waals surface area contributed by atoms with E-state index in [1.807, 2.05) is 12.1 Å². The summed E-state index contributed by atoms with van der Waals surface area (Å²) in [7, 11) is 2.73. The lowest BCUT2D eigenvalue weighted by molar-refractivity contribution is -0.158. The van der Waals surface area contributed by atoms with Crippen LogP contribution in [-0.2, 0) is 23.9 Å². The van der Waals surface area contributed by atoms with Crippen LogP contribution in [0.4, 0.5) is 0 Å². The zero-order valence-electron chi connectivity index (χ0n) is 24.0. The van der Waals surface area contributed by atoms with Crippen LogP contribution in [0, 0.1) is 5.41 Å². The highest BCUT2D eigenvalue weighted by Gasteiger charge is 2.43. The normalized spacial score (nSPS) is 27.6. The third-order valence-electron chi connectivity index (χ3n) is 7.95. The molecule has 1 aromatic rings. The van der Waals surface area contributed by atoms with Crippen molar-refractivity contribution in [1.29, 1.82) is 0 Å². The van der Waals surface area contributed by atoms with Gasteiger partial charge in [0.25, 0.3) is 0 Å². The molecule has 1 spiro atoms. The van der Waals surface area contributed by atoms with E-state index in [4.69, 9.17) is 4.74 Å². The number of esters is 1. The van der Waals surface area contributed by atoms with E-state index in [1.54, 1.807) is 32.9 Å². The third-order valence-corrected chi connectivity index (χ3v) is 10.4. The number of hydrogen-bond donors (Lipinski definition) is 5. The van der Waals surface area contributed by atoms with Crippen molar-refractivity contribution < 1.29 is 29.0 Å². The molecule has 0 bridgehead atoms. The molecule has 2 aliphatic heterocycles. The van der Waals surface area contributed by atoms with Crippen LogP contribution in [0.2, 0.25) is 0 Å². The van der Waals surface area contributed by atoms with E-state index >= 15 is 0 Å². The van der Waals surface area contributed by atoms with Crippen molar-refractivity contribution in [1.82, 2.24) is 21.3 Å². The Morgan fingerprint density at radius 1 is 1.02 bits per heavy atom. The standard InChI is InChI=1S/C29H42N4O6S2/c1-28(2,3)39-26(37)22-17-41-40-16-21(24(35)31-15-13-29(27(38)33-22)11-4-5-12-29)32-25(36)23-20(10-14-30-23)18-6-8-19(34)9-7-18/h6-9,20-23,30,34H,4-5,10-17H2,1-3H3,(H,31,35)(H,32,36)(H,33,38)/t20?,21-,22-,23?/m0/s1. The summed E-state index contributed by atoms with van der Waals surface area (Å²) in [5, 5.41) is 21.8. The molecule has 5 N–H and O–H groups in total. The predicted molar refractivity (Wildman–Crippen MR) is 160 cm³/mol. The number of benzene rings is 1. The topological polar surface area (TPSA) is 146 Å². The first-order valence-electron chi connectivity index (χ1n) is 14.4. The molecule has 0 aromatic heterocycles. The average Bonchev–Trinajstić information content (AvgIpc) is 3.59. The summed E-state index contributed by atoms with van der Waals surface area (Å²) in [6.45, 7) is 6.35. The zero-order valence-corrected chi connectivity index (χ0v) is 25.6. The fourth-order valence-electron chi connectivity index (χ4n) is 5.78. The highest BCUT2D eigenvalue weighted by Crippen LogP contribution is 2.41. The van der Waals surface area contributed by atoms with Crippen LogP contribution in [-0.4, -0.2) is 77.1 Å². The Morgan fingerprint density at radius 2 is 1.71 bits per heavy atom. The molecular weight excluding hydrogens is 564 g/mol. The second-order valence-electron chi connectivity index (χ2n) is 12.1. The number of rotatable bonds is 4. The van der Waals surface area contributed by atoms with E-state index < -0.39 is 35.1 Å². The summed E-state index contributed by atoms with van der Waals surface area (Å²) in [6, 6.07) is 4.76. The lowest BCUT2D eigenvalue weighted by atomic mass is 9.81. The fourth-order valence-corrected chi connectivity index (χ4v) is 8.09. The predicted octanol–water partition coefficient (Wildman–Crippen LogP) is 2.61. The lowest BCUT2D eigenvalue weighted by Gasteiger charge is -2.31. The summed E-state index contributed by atoms with van der Waals surface area (Å²) in [5.41, 5.74) is -0.392. The molecule has 41 heavy (non-hydrogen) atoms. The first-order valence-corrected chi connectivity index (χ1v) is 16.8. The van der Waals surface area contributed by atoms with Crippen LogP contribution in [0.25, 0.3) is 0 Å². The number of phenols is 1. The zero-order chi connectivity index (χ0) is 29.6. The number of carbonyl (C=O) groups excluding carboxylic acids is 4. The van der Waals surface area contributed by atoms with Gasteiger partial charge in [-0.05, 0) is 70.7 Å². The van der Waals surface area contributed by atoms with E-state index in [0.29, 0.717) is 38.1 Å². The Kier molecular flexibility index (Phi) is 10.5. The maximum absolute atomic E-state index is 13.5. The summed E-state index contributed by atoms with van der Waals surface area (Å²) in [6.07, 6.45) is 4.45. The van der Waals surface area contributed by atoms with Crippen LogP contribution in [0.1, 0.15) is 70.8 Å². The molecule has 1 aliphatic carbocycles. The molecule has 10 nitrogen and oxygen atoms in total. The first kappa shape index (κ1) is 31.5. The van der Waals surface area contributed by atoms with Gasteiger partial charge < -0.3 is 31.1 Å². The van der Waals surface area contributed by atoms with Crippen LogP contribution in [0.5, 0.6) is 5.75 Å². The summed E-state index contributed by atoms with van der Waals surface area (Å²) in [4.78, 5) is 53.2. The van der Waals surface area contributed by atoms with Crippen LogP contribution < -0.4 is 21.3 Å². The molecule has 1 saturated carbocycles. The van der Waals surface area contributed by atoms with Gasteiger partial charge in [-0.3, -0.25) is 14.4 Å². The van der Waals surface area contributed by atoms with Crippen molar-refractivity contribution in [2.45, 2.75) is 88.9 Å². The van der Waals surface area contributed by atoms with E-state index in [0.717, 1.165) is 24.8 Å². The van der Waals surface area contributed by atoms with Gasteiger partial charge in [0.15, 0.2) is 0 Å². The number of ether oxygens (including phenoxy) is 1. The molecule has 226 valence electrons. The summed E-state index contributed by atoms with van der Waals surface area (Å²) < 4.78 is 5.61. The molecule has 3 amide bonds. The number of carbonyl (C=O) groups is 4. The monoisotopic (exact) mass is 606 g/mol. The number of aromatic hydroxyl groups is 1. The lowest BCUT2D eigenvalue weighted by Crippen LogP contribution is -2.54. The Labute approximate surface area is 249 Å². The minimum Gasteiger partial charge on any atom is -0.508 e. The Bertz CT molecular complexity index is 1100. The van der Waals surface area contributed by atoms with E-state index in [9.17, 15) is 24.3 Å². The minimum atomic E-state index is -0.817. The number of hydrogen-bond acceptors (Lipinski definition) is 9. The molecule has 12 heteroatoms. The molecule has 4 atom stereocenters. The summed E-state index contributed by atoms with van der Waals surface area (Å²) in [5.74, 6) is -0.537. The second kappa shape index (κ2) is 13.7. The van der Waals surface area contributed by atoms with Gasteiger partial charge in [-0.2, -0.15) is 0 Å². The van der Waals surface area contributed by atoms with Gasteiger partial charge in [-0.1, -0.05) is 46.6 Å². The summed E-state index contributed by atoms with van der Waals surface area (Å²) >= 11 is 0. The fraction of sp³-hybridized carbons (Fsp3) is 0.655. The van der Waals surface area contributed by atoms with E-state index in [2.05, 4.69) is 21.3 Å². The van der Waals surface area contributed by atoms with Gasteiger partial charge in [0, 0.05) is 24.0 Å². The van der Waals surface area contributed by atoms with Crippen molar-refractivity contribution >= 4 is 45.3 Å². The smallest absolute Gasteiger partial charge is 0.330 e. The second-order valence-corrected chi connectivity index (χ2v) is 14.7. The molecule has 4 rings (SSSR count). The molecule has 1 aromatic carbocycles. The van der Waals surface area contributed by atoms with Gasteiger partial charge in [-0.25, -0.2) is 4.79 Å². The number of amides is 3. The Hall–Kier alpha value is -2.44. The van der Waals surface area contributed by atoms with E-state index in [1.165, 1.54) is 21.6 Å². The molecule has 3 aliphatic rings. The third kappa shape index (κ3) is 8.32. The first-order chi connectivity index (χ1) is 19.5. The highest BCUT2D eigenvalue weighted by molar-refractivity contribution is 8.76. The quantitative estimate of drug-likeness (QED) is 0.258. The molecule has 2 unspecified atom stereocenters. The van der Waals surface area contributed by atoms with Crippen molar-refractivity contribution in [3.63, 3.8) is 0 Å². The SMILES string of the molecule is CC(C)(C)OC(=O)[C@@H]1CSSC[C@H](NC(=O)C2NCCC2c2ccc(O)cc2)C(=O)NCCC2(CCCC2)C(=O)N1. The van der Waals surface area contributed by atoms with Crippen LogP contribution >= 0.6 is 21.6 Å². The minimum absolute atomic E-state index is 0.0793. The highest BCUT2D eigenvalue weighted by atomic mass is 33.1. The van der Waals surface area contributed by atoms with Gasteiger partial charge in [0.1, 0.15) is 23.4 Å². The van der Waals surface area contributed by atoms with E-state index in [-0.39, 0.29) is 35.1 Å². The molecule has 3 fully saturated rings. The maximum atomic E-state index is 13.5. The number of nitrogens with one attached hydrogen (secondary N) is 4. The van der Waals surface area contributed by atoms with Gasteiger partial charge in [0.2, 0.25) is 17.7 Å². The molecular formula is C29H42N4O6S2. The van der Waals surface area contributed by atoms with Crippen molar-refractivity contribution in [2.24, 2.45) is 5.41 Å². The van der Waals surface area contributed by atoms with Crippen molar-refractivity contribution in [2.75, 3.05) is 24.6 Å². The molecule has 2 saturated heterocycles. The van der Waals surface area contributed by atoms with Crippen LogP contribution in [0.3, 0.4) is 0 Å². The molecule has 0 radical (unpaired) electrons. The van der Waals surface area contributed by atoms with Gasteiger partial charge >= 0.3 is 5.97 Å². The van der Waals surface area contributed by atoms with Crippen molar-refractivity contribution in [3.8, 4) is 5.75 Å². The van der Waals surface area contributed by atoms with Gasteiger partial charge in [0.05, 0.1) is 11.5 Å². The van der Waals surface area contributed by atoms with Crippen molar-refractivity contribution in [3.05, 3.63) is 29.8 Å². The Balaban J connectivity index is 1.47. The molecule has 2 heterocycles.